The van der Waals surface area contributed by atoms with Crippen LogP contribution >= 0.6 is 0 Å². The molecule has 0 unspecified atom stereocenters. The summed E-state index contributed by atoms with van der Waals surface area (Å²) in [6, 6.07) is 12.3. The maximum absolute atomic E-state index is 13.5. The van der Waals surface area contributed by atoms with E-state index in [4.69, 9.17) is 9.47 Å². The lowest BCUT2D eigenvalue weighted by molar-refractivity contribution is -0.727. The van der Waals surface area contributed by atoms with Gasteiger partial charge in [-0.25, -0.2) is 22.6 Å². The molecule has 0 atom stereocenters. The Bertz CT molecular complexity index is 1680. The molecule has 0 saturated carbocycles. The van der Waals surface area contributed by atoms with Gasteiger partial charge < -0.3 is 19.5 Å². The van der Waals surface area contributed by atoms with Crippen molar-refractivity contribution in [2.24, 2.45) is 10.7 Å². The van der Waals surface area contributed by atoms with Crippen LogP contribution in [0.2, 0.25) is 0 Å². The van der Waals surface area contributed by atoms with E-state index in [0.717, 1.165) is 33.5 Å². The standard InChI is InChI=1S/C27H29F3N6O8S/c1-17-5-7-18(8-6-17)22-13-23(27(28,29)30)31-35(22)19-9-11-21(12-10-19)45(40,41)32-25(38)44-20-14-34(15-20)36(39)33-43-16-42-24(37)26(2,3)4/h5-13,20H,14-16H2,1-4H3,(H,32,38)/b36-33+. The van der Waals surface area contributed by atoms with Crippen molar-refractivity contribution in [1.82, 2.24) is 19.5 Å². The fourth-order valence-electron chi connectivity index (χ4n) is 3.81. The number of ether oxygens (including phenoxy) is 2. The molecule has 1 aliphatic rings. The highest BCUT2D eigenvalue weighted by Crippen LogP contribution is 2.33. The van der Waals surface area contributed by atoms with Crippen molar-refractivity contribution < 1.29 is 50.5 Å². The van der Waals surface area contributed by atoms with Gasteiger partial charge >= 0.3 is 18.2 Å². The van der Waals surface area contributed by atoms with Gasteiger partial charge in [-0.2, -0.15) is 18.3 Å². The zero-order valence-electron chi connectivity index (χ0n) is 24.4. The number of alkyl halides is 3. The molecule has 0 radical (unpaired) electrons. The maximum atomic E-state index is 13.5. The van der Waals surface area contributed by atoms with Crippen molar-refractivity contribution in [3.8, 4) is 16.9 Å². The van der Waals surface area contributed by atoms with Crippen molar-refractivity contribution in [2.45, 2.75) is 44.9 Å². The molecule has 1 saturated heterocycles. The number of carbonyl (C=O) groups is 2. The number of hydrazine groups is 1. The van der Waals surface area contributed by atoms with Crippen LogP contribution in [-0.4, -0.2) is 66.2 Å². The fraction of sp³-hybridized carbons (Fsp3) is 0.370. The number of aromatic nitrogens is 2. The summed E-state index contributed by atoms with van der Waals surface area (Å²) >= 11 is 0. The first-order chi connectivity index (χ1) is 20.9. The van der Waals surface area contributed by atoms with Gasteiger partial charge in [-0.15, -0.1) is 5.01 Å². The molecule has 0 bridgehead atoms. The number of hydrogen-bond acceptors (Lipinski definition) is 10. The average molecular weight is 655 g/mol. The van der Waals surface area contributed by atoms with E-state index < -0.39 is 52.3 Å². The lowest BCUT2D eigenvalue weighted by Gasteiger charge is -2.33. The van der Waals surface area contributed by atoms with Crippen LogP contribution in [0.4, 0.5) is 18.0 Å². The Morgan fingerprint density at radius 2 is 1.71 bits per heavy atom. The van der Waals surface area contributed by atoms with Gasteiger partial charge in [0.2, 0.25) is 5.28 Å². The van der Waals surface area contributed by atoms with E-state index >= 15 is 0 Å². The first kappa shape index (κ1) is 33.0. The minimum absolute atomic E-state index is 0.0580. The first-order valence-electron chi connectivity index (χ1n) is 13.2. The summed E-state index contributed by atoms with van der Waals surface area (Å²) in [5, 5.41) is 19.8. The normalized spacial score (nSPS) is 14.5. The third-order valence-corrected chi connectivity index (χ3v) is 7.61. The maximum Gasteiger partial charge on any atom is 0.435 e. The van der Waals surface area contributed by atoms with Crippen LogP contribution in [0.25, 0.3) is 16.9 Å². The SMILES string of the molecule is Cc1ccc(-c2cc(C(F)(F)F)nn2-c2ccc(S(=O)(=O)NC(=O)OC3CN(/[N+]([O-])=N\OCOC(=O)C(C)(C)C)C3)cc2)cc1. The van der Waals surface area contributed by atoms with Crippen molar-refractivity contribution in [3.05, 3.63) is 71.1 Å². The number of nitrogens with one attached hydrogen (secondary N) is 1. The van der Waals surface area contributed by atoms with Crippen LogP contribution in [0, 0.1) is 17.5 Å². The van der Waals surface area contributed by atoms with Gasteiger partial charge in [-0.3, -0.25) is 4.79 Å². The van der Waals surface area contributed by atoms with Crippen molar-refractivity contribution in [1.29, 1.82) is 0 Å². The zero-order chi connectivity index (χ0) is 33.2. The molecule has 4 rings (SSSR count). The Morgan fingerprint density at radius 3 is 2.29 bits per heavy atom. The number of aryl methyl sites for hydroxylation is 1. The summed E-state index contributed by atoms with van der Waals surface area (Å²) in [5.41, 5.74) is -0.258. The molecule has 1 amide bonds. The quantitative estimate of drug-likeness (QED) is 0.0876. The number of carbonyl (C=O) groups excluding carboxylic acids is 2. The molecular formula is C27H29F3N6O8S. The first-order valence-corrected chi connectivity index (χ1v) is 14.7. The van der Waals surface area contributed by atoms with Crippen LogP contribution in [0.15, 0.2) is 64.8 Å². The van der Waals surface area contributed by atoms with Gasteiger partial charge in [-0.05, 0) is 58.0 Å². The van der Waals surface area contributed by atoms with Gasteiger partial charge in [0.25, 0.3) is 16.8 Å². The molecule has 3 aromatic rings. The third kappa shape index (κ3) is 8.20. The van der Waals surface area contributed by atoms with E-state index in [-0.39, 0.29) is 34.3 Å². The number of nitrogens with zero attached hydrogens (tertiary/aromatic N) is 5. The molecule has 0 aliphatic carbocycles. The summed E-state index contributed by atoms with van der Waals surface area (Å²) < 4.78 is 78.5. The smallest absolute Gasteiger partial charge is 0.435 e. The number of rotatable bonds is 9. The molecule has 1 aromatic heterocycles. The van der Waals surface area contributed by atoms with Crippen LogP contribution in [0.1, 0.15) is 32.0 Å². The number of hydrogen-bond donors (Lipinski definition) is 1. The monoisotopic (exact) mass is 654 g/mol. The van der Waals surface area contributed by atoms with E-state index in [1.54, 1.807) is 49.8 Å². The highest BCUT2D eigenvalue weighted by molar-refractivity contribution is 7.90. The highest BCUT2D eigenvalue weighted by atomic mass is 32.2. The number of halogens is 3. The van der Waals surface area contributed by atoms with Crippen molar-refractivity contribution in [3.63, 3.8) is 0 Å². The molecule has 1 N–H and O–H groups in total. The van der Waals surface area contributed by atoms with Crippen LogP contribution in [0.5, 0.6) is 0 Å². The summed E-state index contributed by atoms with van der Waals surface area (Å²) in [5.74, 6) is -0.561. The molecule has 0 spiro atoms. The van der Waals surface area contributed by atoms with E-state index in [1.807, 2.05) is 6.92 Å². The third-order valence-electron chi connectivity index (χ3n) is 6.28. The molecule has 1 fully saturated rings. The predicted octanol–water partition coefficient (Wildman–Crippen LogP) is 4.32. The van der Waals surface area contributed by atoms with Crippen LogP contribution in [-0.2, 0) is 35.3 Å². The highest BCUT2D eigenvalue weighted by Gasteiger charge is 2.38. The molecule has 45 heavy (non-hydrogen) atoms. The molecule has 2 heterocycles. The lowest BCUT2D eigenvalue weighted by atomic mass is 9.98. The zero-order valence-corrected chi connectivity index (χ0v) is 25.3. The predicted molar refractivity (Wildman–Crippen MR) is 148 cm³/mol. The van der Waals surface area contributed by atoms with Crippen LogP contribution < -0.4 is 4.72 Å². The Balaban J connectivity index is 1.34. The topological polar surface area (TPSA) is 167 Å². The Morgan fingerprint density at radius 1 is 1.09 bits per heavy atom. The van der Waals surface area contributed by atoms with E-state index in [2.05, 4.69) is 15.2 Å². The van der Waals surface area contributed by atoms with Crippen LogP contribution in [0.3, 0.4) is 0 Å². The minimum Gasteiger partial charge on any atom is -0.569 e. The molecule has 18 heteroatoms. The van der Waals surface area contributed by atoms with Gasteiger partial charge in [0, 0.05) is 5.56 Å². The number of amides is 1. The summed E-state index contributed by atoms with van der Waals surface area (Å²) in [7, 11) is -4.44. The van der Waals surface area contributed by atoms with Gasteiger partial charge in [0.15, 0.2) is 5.69 Å². The Hall–Kier alpha value is -4.87. The lowest BCUT2D eigenvalue weighted by Crippen LogP contribution is -2.56. The van der Waals surface area contributed by atoms with Crippen molar-refractivity contribution in [2.75, 3.05) is 19.9 Å². The number of esters is 1. The largest absolute Gasteiger partial charge is 0.569 e. The molecule has 242 valence electrons. The minimum atomic E-state index is -4.72. The molecule has 1 aliphatic heterocycles. The fourth-order valence-corrected chi connectivity index (χ4v) is 4.69. The Labute approximate surface area is 255 Å². The molecule has 2 aromatic carbocycles. The summed E-state index contributed by atoms with van der Waals surface area (Å²) in [6.45, 7) is 5.87. The van der Waals surface area contributed by atoms with Gasteiger partial charge in [0.1, 0.15) is 19.2 Å². The van der Waals surface area contributed by atoms with Crippen molar-refractivity contribution >= 4 is 22.1 Å². The summed E-state index contributed by atoms with van der Waals surface area (Å²) in [4.78, 5) is 28.2. The van der Waals surface area contributed by atoms with E-state index in [9.17, 15) is 36.4 Å². The van der Waals surface area contributed by atoms with E-state index in [1.165, 1.54) is 12.1 Å². The van der Waals surface area contributed by atoms with E-state index in [0.29, 0.717) is 5.56 Å². The number of benzene rings is 2. The second-order valence-electron chi connectivity index (χ2n) is 11.0. The second kappa shape index (κ2) is 12.6. The number of sulfonamides is 1. The van der Waals surface area contributed by atoms with Gasteiger partial charge in [0.05, 0.1) is 26.7 Å². The second-order valence-corrected chi connectivity index (χ2v) is 12.6. The molecule has 14 nitrogen and oxygen atoms in total. The Kier molecular flexibility index (Phi) is 9.27. The average Bonchev–Trinajstić information content (AvgIpc) is 3.38. The summed E-state index contributed by atoms with van der Waals surface area (Å²) in [6.07, 6.45) is -6.88. The van der Waals surface area contributed by atoms with Gasteiger partial charge in [-0.1, -0.05) is 29.8 Å². The molecular weight excluding hydrogens is 625 g/mol.